The largest absolute Gasteiger partial charge is 0.481 e. The predicted molar refractivity (Wildman–Crippen MR) is 74.1 cm³/mol. The number of pyridine rings is 1. The lowest BCUT2D eigenvalue weighted by molar-refractivity contribution is 0.397. The molecule has 19 heavy (non-hydrogen) atoms. The molecule has 0 spiro atoms. The Morgan fingerprint density at radius 1 is 1.21 bits per heavy atom. The minimum Gasteiger partial charge on any atom is -0.481 e. The van der Waals surface area contributed by atoms with E-state index in [0.717, 1.165) is 29.9 Å². The Morgan fingerprint density at radius 3 is 2.79 bits per heavy atom. The molecule has 0 bridgehead atoms. The zero-order chi connectivity index (χ0) is 13.5. The number of aryl methyl sites for hydroxylation is 1. The van der Waals surface area contributed by atoms with Crippen molar-refractivity contribution in [1.82, 2.24) is 15.0 Å². The summed E-state index contributed by atoms with van der Waals surface area (Å²) in [6.45, 7) is 2.82. The van der Waals surface area contributed by atoms with Gasteiger partial charge < -0.3 is 10.1 Å². The van der Waals surface area contributed by atoms with E-state index in [2.05, 4.69) is 27.2 Å². The Morgan fingerprint density at radius 2 is 2.11 bits per heavy atom. The first kappa shape index (κ1) is 13.3. The number of nitrogens with zero attached hydrogens (tertiary/aromatic N) is 3. The van der Waals surface area contributed by atoms with Crippen LogP contribution in [0.4, 0.5) is 5.82 Å². The zero-order valence-electron chi connectivity index (χ0n) is 11.3. The fourth-order valence-corrected chi connectivity index (χ4v) is 1.72. The lowest BCUT2D eigenvalue weighted by Crippen LogP contribution is -2.03. The molecule has 0 saturated carbocycles. The van der Waals surface area contributed by atoms with Crippen LogP contribution in [-0.2, 0) is 13.0 Å². The third kappa shape index (κ3) is 3.91. The molecule has 2 aromatic rings. The quantitative estimate of drug-likeness (QED) is 0.862. The third-order valence-corrected chi connectivity index (χ3v) is 2.71. The molecule has 0 aliphatic carbocycles. The van der Waals surface area contributed by atoms with Gasteiger partial charge in [-0.25, -0.2) is 15.0 Å². The van der Waals surface area contributed by atoms with E-state index >= 15 is 0 Å². The molecule has 0 fully saturated rings. The van der Waals surface area contributed by atoms with E-state index < -0.39 is 0 Å². The molecule has 2 aromatic heterocycles. The summed E-state index contributed by atoms with van der Waals surface area (Å²) in [7, 11) is 1.61. The Labute approximate surface area is 113 Å². The van der Waals surface area contributed by atoms with E-state index in [1.807, 2.05) is 18.2 Å². The SMILES string of the molecule is CCCc1cc(NCc2ccc(OC)nc2)ncn1. The molecule has 0 saturated heterocycles. The minimum absolute atomic E-state index is 0.621. The van der Waals surface area contributed by atoms with Crippen LogP contribution in [-0.4, -0.2) is 22.1 Å². The van der Waals surface area contributed by atoms with Crippen LogP contribution < -0.4 is 10.1 Å². The predicted octanol–water partition coefficient (Wildman–Crippen LogP) is 2.44. The number of aromatic nitrogens is 3. The summed E-state index contributed by atoms with van der Waals surface area (Å²) in [6, 6.07) is 5.81. The third-order valence-electron chi connectivity index (χ3n) is 2.71. The maximum absolute atomic E-state index is 5.02. The van der Waals surface area contributed by atoms with E-state index in [1.165, 1.54) is 0 Å². The van der Waals surface area contributed by atoms with Crippen LogP contribution in [0, 0.1) is 0 Å². The first-order valence-corrected chi connectivity index (χ1v) is 6.35. The molecule has 0 aliphatic rings. The smallest absolute Gasteiger partial charge is 0.212 e. The molecule has 0 aromatic carbocycles. The van der Waals surface area contributed by atoms with Crippen LogP contribution >= 0.6 is 0 Å². The summed E-state index contributed by atoms with van der Waals surface area (Å²) >= 11 is 0. The van der Waals surface area contributed by atoms with Crippen molar-refractivity contribution in [2.45, 2.75) is 26.3 Å². The standard InChI is InChI=1S/C14H18N4O/c1-3-4-12-7-13(18-10-17-12)15-8-11-5-6-14(19-2)16-9-11/h5-7,9-10H,3-4,8H2,1-2H3,(H,15,17,18). The molecule has 0 amide bonds. The highest BCUT2D eigenvalue weighted by molar-refractivity contribution is 5.36. The monoisotopic (exact) mass is 258 g/mol. The van der Waals surface area contributed by atoms with Gasteiger partial charge in [-0.2, -0.15) is 0 Å². The van der Waals surface area contributed by atoms with Gasteiger partial charge in [0.25, 0.3) is 0 Å². The average molecular weight is 258 g/mol. The van der Waals surface area contributed by atoms with Gasteiger partial charge in [0.2, 0.25) is 5.88 Å². The second kappa shape index (κ2) is 6.68. The van der Waals surface area contributed by atoms with Gasteiger partial charge in [0, 0.05) is 30.6 Å². The Kier molecular flexibility index (Phi) is 4.66. The maximum Gasteiger partial charge on any atom is 0.212 e. The van der Waals surface area contributed by atoms with Crippen molar-refractivity contribution < 1.29 is 4.74 Å². The molecule has 2 rings (SSSR count). The van der Waals surface area contributed by atoms with Crippen molar-refractivity contribution >= 4 is 5.82 Å². The molecule has 0 atom stereocenters. The first-order chi connectivity index (χ1) is 9.31. The summed E-state index contributed by atoms with van der Waals surface area (Å²) in [5, 5.41) is 3.27. The normalized spacial score (nSPS) is 10.2. The van der Waals surface area contributed by atoms with Crippen molar-refractivity contribution in [1.29, 1.82) is 0 Å². The second-order valence-electron chi connectivity index (χ2n) is 4.21. The van der Waals surface area contributed by atoms with E-state index in [0.29, 0.717) is 12.4 Å². The Bertz CT molecular complexity index is 513. The lowest BCUT2D eigenvalue weighted by Gasteiger charge is -2.07. The summed E-state index contributed by atoms with van der Waals surface area (Å²) < 4.78 is 5.02. The summed E-state index contributed by atoms with van der Waals surface area (Å²) in [4.78, 5) is 12.6. The first-order valence-electron chi connectivity index (χ1n) is 6.35. The van der Waals surface area contributed by atoms with Crippen molar-refractivity contribution in [3.05, 3.63) is 42.0 Å². The topological polar surface area (TPSA) is 59.9 Å². The van der Waals surface area contributed by atoms with Gasteiger partial charge in [0.15, 0.2) is 0 Å². The van der Waals surface area contributed by atoms with Gasteiger partial charge in [-0.1, -0.05) is 19.4 Å². The molecule has 1 N–H and O–H groups in total. The van der Waals surface area contributed by atoms with Crippen molar-refractivity contribution in [2.75, 3.05) is 12.4 Å². The number of hydrogen-bond acceptors (Lipinski definition) is 5. The summed E-state index contributed by atoms with van der Waals surface area (Å²) in [6.07, 6.45) is 5.44. The molecule has 0 radical (unpaired) electrons. The summed E-state index contributed by atoms with van der Waals surface area (Å²) in [5.74, 6) is 1.46. The van der Waals surface area contributed by atoms with E-state index in [9.17, 15) is 0 Å². The highest BCUT2D eigenvalue weighted by atomic mass is 16.5. The number of rotatable bonds is 6. The number of anilines is 1. The minimum atomic E-state index is 0.621. The molecule has 5 nitrogen and oxygen atoms in total. The second-order valence-corrected chi connectivity index (χ2v) is 4.21. The Hall–Kier alpha value is -2.17. The molecule has 100 valence electrons. The Balaban J connectivity index is 1.95. The fraction of sp³-hybridized carbons (Fsp3) is 0.357. The number of methoxy groups -OCH3 is 1. The zero-order valence-corrected chi connectivity index (χ0v) is 11.3. The molecular weight excluding hydrogens is 240 g/mol. The van der Waals surface area contributed by atoms with Gasteiger partial charge in [0.05, 0.1) is 7.11 Å². The average Bonchev–Trinajstić information content (AvgIpc) is 2.46. The van der Waals surface area contributed by atoms with E-state index in [-0.39, 0.29) is 0 Å². The van der Waals surface area contributed by atoms with Crippen molar-refractivity contribution in [3.63, 3.8) is 0 Å². The number of ether oxygens (including phenoxy) is 1. The van der Waals surface area contributed by atoms with Crippen molar-refractivity contribution in [3.8, 4) is 5.88 Å². The molecule has 0 aliphatic heterocycles. The van der Waals surface area contributed by atoms with Gasteiger partial charge in [-0.15, -0.1) is 0 Å². The van der Waals surface area contributed by atoms with Gasteiger partial charge in [0.1, 0.15) is 12.1 Å². The van der Waals surface area contributed by atoms with Crippen LogP contribution in [0.5, 0.6) is 5.88 Å². The van der Waals surface area contributed by atoms with E-state index in [1.54, 1.807) is 19.6 Å². The van der Waals surface area contributed by atoms with Crippen LogP contribution in [0.3, 0.4) is 0 Å². The maximum atomic E-state index is 5.02. The number of hydrogen-bond donors (Lipinski definition) is 1. The van der Waals surface area contributed by atoms with Crippen molar-refractivity contribution in [2.24, 2.45) is 0 Å². The van der Waals surface area contributed by atoms with Gasteiger partial charge in [-0.3, -0.25) is 0 Å². The fourth-order valence-electron chi connectivity index (χ4n) is 1.72. The highest BCUT2D eigenvalue weighted by Gasteiger charge is 1.99. The van der Waals surface area contributed by atoms with Crippen LogP contribution in [0.15, 0.2) is 30.7 Å². The molecular formula is C14H18N4O. The van der Waals surface area contributed by atoms with Gasteiger partial charge >= 0.3 is 0 Å². The highest BCUT2D eigenvalue weighted by Crippen LogP contribution is 2.10. The lowest BCUT2D eigenvalue weighted by atomic mass is 10.2. The molecule has 5 heteroatoms. The van der Waals surface area contributed by atoms with E-state index in [4.69, 9.17) is 4.74 Å². The number of nitrogens with one attached hydrogen (secondary N) is 1. The van der Waals surface area contributed by atoms with Crippen LogP contribution in [0.25, 0.3) is 0 Å². The summed E-state index contributed by atoms with van der Waals surface area (Å²) in [5.41, 5.74) is 2.14. The molecule has 0 unspecified atom stereocenters. The van der Waals surface area contributed by atoms with Gasteiger partial charge in [-0.05, 0) is 12.0 Å². The molecule has 2 heterocycles. The van der Waals surface area contributed by atoms with Crippen LogP contribution in [0.2, 0.25) is 0 Å². The van der Waals surface area contributed by atoms with Crippen LogP contribution in [0.1, 0.15) is 24.6 Å².